The second kappa shape index (κ2) is 7.35. The van der Waals surface area contributed by atoms with E-state index in [1.807, 2.05) is 0 Å². The van der Waals surface area contributed by atoms with Crippen LogP contribution < -0.4 is 0 Å². The maximum absolute atomic E-state index is 4.90. The summed E-state index contributed by atoms with van der Waals surface area (Å²) in [4.78, 5) is 0. The molecule has 0 saturated heterocycles. The number of thiol groups is 1. The first kappa shape index (κ1) is 12.9. The summed E-state index contributed by atoms with van der Waals surface area (Å²) in [5.41, 5.74) is 0. The fraction of sp³-hybridized carbons (Fsp3) is 0.800. The van der Waals surface area contributed by atoms with E-state index in [-0.39, 0.29) is 29.6 Å². The van der Waals surface area contributed by atoms with E-state index in [9.17, 15) is 0 Å². The summed E-state index contributed by atoms with van der Waals surface area (Å²) in [6.07, 6.45) is 0. The van der Waals surface area contributed by atoms with Gasteiger partial charge in [0.15, 0.2) is 0 Å². The van der Waals surface area contributed by atoms with E-state index in [4.69, 9.17) is 4.74 Å². The molecule has 0 fully saturated rings. The second-order valence-electron chi connectivity index (χ2n) is 1.97. The predicted octanol–water partition coefficient (Wildman–Crippen LogP) is 1.23. The number of hydrogen-bond donors (Lipinski definition) is 1. The molecule has 0 N–H and O–H groups in total. The summed E-state index contributed by atoms with van der Waals surface area (Å²) in [5, 5.41) is 0. The van der Waals surface area contributed by atoms with E-state index in [1.165, 1.54) is 0 Å². The van der Waals surface area contributed by atoms with E-state index in [0.29, 0.717) is 16.9 Å². The summed E-state index contributed by atoms with van der Waals surface area (Å²) < 4.78 is 5.23. The first-order valence-electron chi connectivity index (χ1n) is 2.48. The number of thiocarbonyl (C=S) groups is 1. The Labute approximate surface area is 89.2 Å². The summed E-state index contributed by atoms with van der Waals surface area (Å²) in [5.74, 6) is 0.528. The summed E-state index contributed by atoms with van der Waals surface area (Å²) in [6.45, 7) is 4.79. The van der Waals surface area contributed by atoms with Gasteiger partial charge in [0.1, 0.15) is 0 Å². The van der Waals surface area contributed by atoms with E-state index >= 15 is 0 Å². The molecule has 0 rings (SSSR count). The quantitative estimate of drug-likeness (QED) is 0.383. The van der Waals surface area contributed by atoms with Gasteiger partial charge < -0.3 is 4.74 Å². The van der Waals surface area contributed by atoms with E-state index in [0.717, 1.165) is 0 Å². The Bertz CT molecular complexity index is 85.0. The molecule has 50 valence electrons. The monoisotopic (exact) mass is 174 g/mol. The van der Waals surface area contributed by atoms with Gasteiger partial charge >= 0.3 is 29.6 Å². The molecular weight excluding hydrogens is 163 g/mol. The first-order chi connectivity index (χ1) is 3.63. The van der Waals surface area contributed by atoms with Gasteiger partial charge in [0.25, 0.3) is 0 Å². The van der Waals surface area contributed by atoms with Crippen LogP contribution in [0.4, 0.5) is 0 Å². The van der Waals surface area contributed by atoms with Crippen LogP contribution in [0.25, 0.3) is 0 Å². The van der Waals surface area contributed by atoms with Gasteiger partial charge in [0.2, 0.25) is 4.38 Å². The Balaban J connectivity index is 0. The molecule has 0 aromatic rings. The van der Waals surface area contributed by atoms with Crippen LogP contribution in [0.5, 0.6) is 0 Å². The first-order valence-corrected chi connectivity index (χ1v) is 3.34. The van der Waals surface area contributed by atoms with Gasteiger partial charge in [0.05, 0.1) is 6.61 Å². The van der Waals surface area contributed by atoms with Crippen molar-refractivity contribution in [3.8, 4) is 0 Å². The zero-order chi connectivity index (χ0) is 6.57. The minimum absolute atomic E-state index is 0. The van der Waals surface area contributed by atoms with Crippen molar-refractivity contribution >= 4 is 58.8 Å². The molecule has 0 radical (unpaired) electrons. The molecule has 0 amide bonds. The Morgan fingerprint density at radius 2 is 2.11 bits per heavy atom. The molecule has 0 aromatic carbocycles. The van der Waals surface area contributed by atoms with Gasteiger partial charge in [-0.1, -0.05) is 26.5 Å². The molecule has 0 atom stereocenters. The van der Waals surface area contributed by atoms with Crippen LogP contribution in [-0.2, 0) is 4.74 Å². The van der Waals surface area contributed by atoms with Gasteiger partial charge in [0, 0.05) is 0 Å². The van der Waals surface area contributed by atoms with Gasteiger partial charge in [-0.15, -0.1) is 0 Å². The van der Waals surface area contributed by atoms with Gasteiger partial charge in [-0.25, -0.2) is 0 Å². The Morgan fingerprint density at radius 3 is 2.22 bits per heavy atom. The fourth-order valence-electron chi connectivity index (χ4n) is 0.238. The molecule has 4 heteroatoms. The zero-order valence-electron chi connectivity index (χ0n) is 5.05. The van der Waals surface area contributed by atoms with Crippen LogP contribution in [0.1, 0.15) is 13.8 Å². The van der Waals surface area contributed by atoms with Crippen molar-refractivity contribution in [2.75, 3.05) is 6.61 Å². The number of hydrogen-bond acceptors (Lipinski definition) is 2. The van der Waals surface area contributed by atoms with Crippen molar-refractivity contribution < 1.29 is 4.74 Å². The second-order valence-corrected chi connectivity index (χ2v) is 3.05. The third-order valence-corrected chi connectivity index (χ3v) is 0.787. The van der Waals surface area contributed by atoms with Crippen molar-refractivity contribution in [3.05, 3.63) is 0 Å². The normalized spacial score (nSPS) is 8.44. The molecule has 0 saturated carbocycles. The molecule has 0 aliphatic heterocycles. The fourth-order valence-corrected chi connectivity index (χ4v) is 0.381. The predicted molar refractivity (Wildman–Crippen MR) is 49.5 cm³/mol. The third kappa shape index (κ3) is 12.4. The Kier molecular flexibility index (Phi) is 10.5. The number of rotatable bonds is 2. The van der Waals surface area contributed by atoms with Gasteiger partial charge in [-0.2, -0.15) is 0 Å². The molecule has 0 spiro atoms. The summed E-state index contributed by atoms with van der Waals surface area (Å²) in [6, 6.07) is 0. The number of ether oxygens (including phenoxy) is 1. The maximum atomic E-state index is 4.90. The van der Waals surface area contributed by atoms with Gasteiger partial charge in [-0.3, -0.25) is 0 Å². The minimum atomic E-state index is 0. The van der Waals surface area contributed by atoms with Crippen molar-refractivity contribution in [2.45, 2.75) is 13.8 Å². The molecule has 1 nitrogen and oxygen atoms in total. The molecule has 0 aliphatic rings. The van der Waals surface area contributed by atoms with Crippen LogP contribution in [0, 0.1) is 5.92 Å². The summed E-state index contributed by atoms with van der Waals surface area (Å²) >= 11 is 8.34. The van der Waals surface area contributed by atoms with Crippen molar-refractivity contribution in [1.82, 2.24) is 0 Å². The third-order valence-electron chi connectivity index (χ3n) is 0.540. The van der Waals surface area contributed by atoms with Crippen molar-refractivity contribution in [3.63, 3.8) is 0 Å². The van der Waals surface area contributed by atoms with Crippen molar-refractivity contribution in [2.24, 2.45) is 5.92 Å². The molecule has 0 unspecified atom stereocenters. The Hall–Kier alpha value is 1.24. The topological polar surface area (TPSA) is 9.23 Å². The van der Waals surface area contributed by atoms with Gasteiger partial charge in [-0.05, 0) is 18.1 Å². The van der Waals surface area contributed by atoms with Crippen LogP contribution >= 0.6 is 24.8 Å². The average Bonchev–Trinajstić information content (AvgIpc) is 1.61. The SMILES string of the molecule is CC(C)COC(=S)S.[NaH]. The molecule has 9 heavy (non-hydrogen) atoms. The standard InChI is InChI=1S/C5H10OS2.Na.H/c1-4(2)3-6-5(7)8;;/h4H,3H2,1-2H3,(H,7,8);;. The summed E-state index contributed by atoms with van der Waals surface area (Å²) in [7, 11) is 0. The van der Waals surface area contributed by atoms with Crippen LogP contribution in [0.2, 0.25) is 0 Å². The van der Waals surface area contributed by atoms with E-state index < -0.39 is 0 Å². The van der Waals surface area contributed by atoms with E-state index in [1.54, 1.807) is 0 Å². The van der Waals surface area contributed by atoms with Crippen LogP contribution in [-0.4, -0.2) is 40.5 Å². The van der Waals surface area contributed by atoms with Crippen LogP contribution in [0.15, 0.2) is 0 Å². The van der Waals surface area contributed by atoms with Crippen molar-refractivity contribution in [1.29, 1.82) is 0 Å². The van der Waals surface area contributed by atoms with Crippen LogP contribution in [0.3, 0.4) is 0 Å². The molecular formula is C5H11NaOS2. The molecule has 0 aromatic heterocycles. The molecule has 0 aliphatic carbocycles. The average molecular weight is 174 g/mol. The molecule has 0 heterocycles. The van der Waals surface area contributed by atoms with E-state index in [2.05, 4.69) is 38.7 Å². The zero-order valence-corrected chi connectivity index (χ0v) is 6.76. The molecule has 0 bridgehead atoms. The Morgan fingerprint density at radius 1 is 1.67 bits per heavy atom.